The lowest BCUT2D eigenvalue weighted by atomic mass is 10.3. The van der Waals surface area contributed by atoms with Crippen LogP contribution in [0.3, 0.4) is 0 Å². The van der Waals surface area contributed by atoms with E-state index in [4.69, 9.17) is 4.74 Å². The minimum atomic E-state index is -2.94. The monoisotopic (exact) mass is 305 g/mol. The van der Waals surface area contributed by atoms with E-state index in [1.54, 1.807) is 7.05 Å². The van der Waals surface area contributed by atoms with Crippen molar-refractivity contribution in [2.24, 2.45) is 4.99 Å². The third-order valence-electron chi connectivity index (χ3n) is 2.60. The van der Waals surface area contributed by atoms with E-state index < -0.39 is 9.84 Å². The van der Waals surface area contributed by atoms with Crippen LogP contribution >= 0.6 is 0 Å². The van der Waals surface area contributed by atoms with Gasteiger partial charge >= 0.3 is 0 Å². The molecular formula is C13H27N3O3S. The van der Waals surface area contributed by atoms with Crippen LogP contribution in [0.1, 0.15) is 12.8 Å². The number of guanidine groups is 1. The fourth-order valence-electron chi connectivity index (χ4n) is 1.51. The topological polar surface area (TPSA) is 71.0 Å². The average molecular weight is 305 g/mol. The summed E-state index contributed by atoms with van der Waals surface area (Å²) < 4.78 is 27.1. The van der Waals surface area contributed by atoms with Gasteiger partial charge in [0.15, 0.2) is 5.96 Å². The summed E-state index contributed by atoms with van der Waals surface area (Å²) in [6.07, 6.45) is 5.12. The fourth-order valence-corrected chi connectivity index (χ4v) is 1.93. The van der Waals surface area contributed by atoms with Crippen LogP contribution in [0, 0.1) is 0 Å². The zero-order valence-corrected chi connectivity index (χ0v) is 13.6. The predicted molar refractivity (Wildman–Crippen MR) is 84.0 cm³/mol. The number of aliphatic imine (C=N–C) groups is 1. The lowest BCUT2D eigenvalue weighted by Gasteiger charge is -2.21. The van der Waals surface area contributed by atoms with Crippen molar-refractivity contribution in [1.29, 1.82) is 0 Å². The summed E-state index contributed by atoms with van der Waals surface area (Å²) in [6.45, 7) is 5.88. The maximum Gasteiger partial charge on any atom is 0.193 e. The quantitative estimate of drug-likeness (QED) is 0.276. The highest BCUT2D eigenvalue weighted by molar-refractivity contribution is 7.90. The van der Waals surface area contributed by atoms with E-state index in [2.05, 4.69) is 16.9 Å². The first-order valence-corrected chi connectivity index (χ1v) is 8.75. The Morgan fingerprint density at radius 3 is 2.70 bits per heavy atom. The van der Waals surface area contributed by atoms with Crippen molar-refractivity contribution in [3.8, 4) is 0 Å². The summed E-state index contributed by atoms with van der Waals surface area (Å²) in [5.74, 6) is 0.865. The van der Waals surface area contributed by atoms with Gasteiger partial charge in [-0.1, -0.05) is 6.08 Å². The molecule has 0 amide bonds. The number of allylic oxidation sites excluding steroid dienone is 1. The largest absolute Gasteiger partial charge is 0.379 e. The molecule has 1 N–H and O–H groups in total. The molecule has 0 radical (unpaired) electrons. The Hall–Kier alpha value is -1.08. The molecule has 0 fully saturated rings. The smallest absolute Gasteiger partial charge is 0.193 e. The van der Waals surface area contributed by atoms with E-state index in [9.17, 15) is 8.42 Å². The summed E-state index contributed by atoms with van der Waals surface area (Å²) in [4.78, 5) is 6.22. The third kappa shape index (κ3) is 10.8. The molecule has 118 valence electrons. The van der Waals surface area contributed by atoms with Crippen LogP contribution in [0.4, 0.5) is 0 Å². The molecule has 20 heavy (non-hydrogen) atoms. The summed E-state index contributed by atoms with van der Waals surface area (Å²) in [5, 5.41) is 3.17. The number of unbranched alkanes of at least 4 members (excludes halogenated alkanes) is 1. The van der Waals surface area contributed by atoms with Gasteiger partial charge in [-0.05, 0) is 12.8 Å². The number of hydrogen-bond donors (Lipinski definition) is 1. The Kier molecular flexibility index (Phi) is 10.1. The van der Waals surface area contributed by atoms with Gasteiger partial charge in [-0.3, -0.25) is 4.99 Å². The lowest BCUT2D eigenvalue weighted by molar-refractivity contribution is 0.153. The number of rotatable bonds is 10. The van der Waals surface area contributed by atoms with Crippen LogP contribution in [0.15, 0.2) is 17.6 Å². The highest BCUT2D eigenvalue weighted by Crippen LogP contribution is 1.94. The Morgan fingerprint density at radius 1 is 1.45 bits per heavy atom. The summed E-state index contributed by atoms with van der Waals surface area (Å²) in [5.41, 5.74) is 0. The highest BCUT2D eigenvalue weighted by Gasteiger charge is 2.05. The second-order valence-corrected chi connectivity index (χ2v) is 6.83. The molecule has 0 aromatic carbocycles. The Labute approximate surface area is 122 Å². The number of hydrogen-bond acceptors (Lipinski definition) is 4. The van der Waals surface area contributed by atoms with Crippen molar-refractivity contribution in [3.63, 3.8) is 0 Å². The van der Waals surface area contributed by atoms with Gasteiger partial charge in [-0.25, -0.2) is 8.42 Å². The summed E-state index contributed by atoms with van der Waals surface area (Å²) in [7, 11) is 0.764. The normalized spacial score (nSPS) is 12.2. The molecule has 0 aliphatic heterocycles. The van der Waals surface area contributed by atoms with E-state index in [0.717, 1.165) is 25.3 Å². The van der Waals surface area contributed by atoms with Crippen molar-refractivity contribution >= 4 is 15.8 Å². The van der Waals surface area contributed by atoms with E-state index in [-0.39, 0.29) is 12.4 Å². The van der Waals surface area contributed by atoms with Crippen molar-refractivity contribution in [3.05, 3.63) is 12.7 Å². The Balaban J connectivity index is 3.77. The predicted octanol–water partition coefficient (Wildman–Crippen LogP) is 0.521. The molecule has 0 aliphatic carbocycles. The summed E-state index contributed by atoms with van der Waals surface area (Å²) in [6, 6.07) is 0. The molecule has 0 aliphatic rings. The first-order chi connectivity index (χ1) is 9.40. The molecule has 0 bridgehead atoms. The minimum Gasteiger partial charge on any atom is -0.379 e. The number of ether oxygens (including phenoxy) is 1. The molecule has 0 rings (SSSR count). The van der Waals surface area contributed by atoms with E-state index in [0.29, 0.717) is 13.2 Å². The van der Waals surface area contributed by atoms with Crippen LogP contribution in [-0.2, 0) is 14.6 Å². The zero-order valence-electron chi connectivity index (χ0n) is 12.8. The maximum atomic E-state index is 10.9. The van der Waals surface area contributed by atoms with Gasteiger partial charge in [0.05, 0.1) is 19.0 Å². The molecule has 0 saturated carbocycles. The molecule has 0 spiro atoms. The number of sulfone groups is 1. The van der Waals surface area contributed by atoms with Crippen LogP contribution in [0.5, 0.6) is 0 Å². The maximum absolute atomic E-state index is 10.9. The van der Waals surface area contributed by atoms with Crippen LogP contribution in [-0.4, -0.2) is 71.7 Å². The molecule has 7 heteroatoms. The first-order valence-electron chi connectivity index (χ1n) is 6.69. The van der Waals surface area contributed by atoms with Gasteiger partial charge in [-0.2, -0.15) is 0 Å². The standard InChI is InChI=1S/C13H27N3O3S/c1-5-6-7-9-16(3)13(14-2)15-8-10-19-11-12-20(4,17)18/h5H,1,6-12H2,2-4H3,(H,14,15). The molecule has 6 nitrogen and oxygen atoms in total. The van der Waals surface area contributed by atoms with Gasteiger partial charge in [0.25, 0.3) is 0 Å². The summed E-state index contributed by atoms with van der Waals surface area (Å²) >= 11 is 0. The SMILES string of the molecule is C=CCCCN(C)C(=NC)NCCOCCS(C)(=O)=O. The Bertz CT molecular complexity index is 394. The van der Waals surface area contributed by atoms with E-state index >= 15 is 0 Å². The van der Waals surface area contributed by atoms with Gasteiger partial charge in [-0.15, -0.1) is 6.58 Å². The van der Waals surface area contributed by atoms with Crippen LogP contribution < -0.4 is 5.32 Å². The van der Waals surface area contributed by atoms with E-state index in [1.807, 2.05) is 18.0 Å². The molecule has 0 saturated heterocycles. The average Bonchev–Trinajstić information content (AvgIpc) is 2.37. The van der Waals surface area contributed by atoms with Crippen molar-refractivity contribution in [1.82, 2.24) is 10.2 Å². The van der Waals surface area contributed by atoms with E-state index in [1.165, 1.54) is 6.26 Å². The third-order valence-corrected chi connectivity index (χ3v) is 3.51. The molecule has 0 aromatic heterocycles. The lowest BCUT2D eigenvalue weighted by Crippen LogP contribution is -2.40. The first kappa shape index (κ1) is 18.9. The molecule has 0 heterocycles. The highest BCUT2D eigenvalue weighted by atomic mass is 32.2. The number of nitrogens with zero attached hydrogens (tertiary/aromatic N) is 2. The van der Waals surface area contributed by atoms with Crippen molar-refractivity contribution < 1.29 is 13.2 Å². The second-order valence-electron chi connectivity index (χ2n) is 4.57. The number of nitrogens with one attached hydrogen (secondary N) is 1. The van der Waals surface area contributed by atoms with Gasteiger partial charge in [0, 0.05) is 33.4 Å². The Morgan fingerprint density at radius 2 is 2.15 bits per heavy atom. The van der Waals surface area contributed by atoms with Crippen LogP contribution in [0.2, 0.25) is 0 Å². The molecule has 0 unspecified atom stereocenters. The fraction of sp³-hybridized carbons (Fsp3) is 0.769. The van der Waals surface area contributed by atoms with Crippen LogP contribution in [0.25, 0.3) is 0 Å². The van der Waals surface area contributed by atoms with Gasteiger partial charge in [0.1, 0.15) is 9.84 Å². The zero-order chi connectivity index (χ0) is 15.4. The minimum absolute atomic E-state index is 0.0587. The van der Waals surface area contributed by atoms with Gasteiger partial charge in [0.2, 0.25) is 0 Å². The van der Waals surface area contributed by atoms with Crippen molar-refractivity contribution in [2.45, 2.75) is 12.8 Å². The van der Waals surface area contributed by atoms with Crippen molar-refractivity contribution in [2.75, 3.05) is 52.4 Å². The van der Waals surface area contributed by atoms with Gasteiger partial charge < -0.3 is 15.0 Å². The molecule has 0 atom stereocenters. The molecule has 0 aromatic rings. The molecular weight excluding hydrogens is 278 g/mol. The second kappa shape index (κ2) is 10.7.